The summed E-state index contributed by atoms with van der Waals surface area (Å²) >= 11 is 0. The molecule has 0 spiro atoms. The Balaban J connectivity index is 1.44. The highest BCUT2D eigenvalue weighted by Crippen LogP contribution is 2.43. The molecule has 2 aliphatic heterocycles. The van der Waals surface area contributed by atoms with Gasteiger partial charge in [-0.15, -0.1) is 0 Å². The van der Waals surface area contributed by atoms with Crippen molar-refractivity contribution in [3.8, 4) is 22.5 Å². The van der Waals surface area contributed by atoms with Crippen LogP contribution in [0.25, 0.3) is 66.1 Å². The molecular formula is C48H44BFN2. The second-order valence-corrected chi connectivity index (χ2v) is 16.7. The molecule has 6 aromatic carbocycles. The number of hydrogen-bond acceptors (Lipinski definition) is 0. The number of rotatable bonds is 5. The fourth-order valence-corrected chi connectivity index (χ4v) is 9.34. The SMILES string of the molecule is CC(C)c1ccc2c(c1)c1cc(C(C)C)cc3c1n2-c1cc(-c2ccc(F)cc2)cc2c1B3c1cc(C(C)C)cc3c4cc(C(C)C)ccc4n-2c13. The summed E-state index contributed by atoms with van der Waals surface area (Å²) in [6, 6.07) is 36.0. The van der Waals surface area contributed by atoms with Crippen molar-refractivity contribution in [2.45, 2.75) is 79.1 Å². The Kier molecular flexibility index (Phi) is 6.67. The van der Waals surface area contributed by atoms with Crippen LogP contribution in [0.5, 0.6) is 0 Å². The lowest BCUT2D eigenvalue weighted by Gasteiger charge is -2.35. The summed E-state index contributed by atoms with van der Waals surface area (Å²) in [5, 5.41) is 5.30. The first kappa shape index (κ1) is 31.6. The highest BCUT2D eigenvalue weighted by atomic mass is 19.1. The molecule has 10 rings (SSSR count). The predicted molar refractivity (Wildman–Crippen MR) is 222 cm³/mol. The molecule has 0 saturated carbocycles. The van der Waals surface area contributed by atoms with Crippen LogP contribution in [-0.4, -0.2) is 15.8 Å². The first-order valence-electron chi connectivity index (χ1n) is 19.2. The third kappa shape index (κ3) is 4.24. The van der Waals surface area contributed by atoms with E-state index in [4.69, 9.17) is 0 Å². The van der Waals surface area contributed by atoms with Crippen molar-refractivity contribution in [1.82, 2.24) is 9.13 Å². The van der Waals surface area contributed by atoms with Gasteiger partial charge >= 0.3 is 0 Å². The Morgan fingerprint density at radius 2 is 0.865 bits per heavy atom. The Bertz CT molecular complexity index is 2640. The van der Waals surface area contributed by atoms with Gasteiger partial charge in [-0.2, -0.15) is 0 Å². The van der Waals surface area contributed by atoms with Crippen LogP contribution in [0.1, 0.15) is 101 Å². The van der Waals surface area contributed by atoms with Gasteiger partial charge in [0, 0.05) is 44.0 Å². The van der Waals surface area contributed by atoms with Gasteiger partial charge in [-0.05, 0) is 134 Å². The van der Waals surface area contributed by atoms with Crippen LogP contribution < -0.4 is 16.4 Å². The molecule has 52 heavy (non-hydrogen) atoms. The molecule has 4 heterocycles. The molecule has 0 bridgehead atoms. The third-order valence-electron chi connectivity index (χ3n) is 12.2. The minimum atomic E-state index is -0.217. The van der Waals surface area contributed by atoms with Gasteiger partial charge in [0.2, 0.25) is 0 Å². The maximum absolute atomic E-state index is 14.3. The van der Waals surface area contributed by atoms with Crippen LogP contribution in [0, 0.1) is 5.82 Å². The molecule has 4 heteroatoms. The number of nitrogens with zero attached hydrogens (tertiary/aromatic N) is 2. The van der Waals surface area contributed by atoms with E-state index in [0.717, 1.165) is 11.1 Å². The first-order chi connectivity index (χ1) is 25.0. The van der Waals surface area contributed by atoms with Crippen LogP contribution >= 0.6 is 0 Å². The average Bonchev–Trinajstić information content (AvgIpc) is 3.64. The van der Waals surface area contributed by atoms with Gasteiger partial charge in [0.05, 0.1) is 11.0 Å². The van der Waals surface area contributed by atoms with Crippen LogP contribution in [0.15, 0.2) is 97.1 Å². The van der Waals surface area contributed by atoms with E-state index in [1.807, 2.05) is 12.1 Å². The maximum atomic E-state index is 14.3. The molecule has 256 valence electrons. The molecule has 0 unspecified atom stereocenters. The van der Waals surface area contributed by atoms with Gasteiger partial charge in [-0.25, -0.2) is 4.39 Å². The molecule has 2 nitrogen and oxygen atoms in total. The van der Waals surface area contributed by atoms with E-state index in [1.54, 1.807) is 12.1 Å². The number of benzene rings is 6. The molecular weight excluding hydrogens is 634 g/mol. The molecule has 2 aromatic heterocycles. The van der Waals surface area contributed by atoms with Crippen molar-refractivity contribution in [1.29, 1.82) is 0 Å². The van der Waals surface area contributed by atoms with Gasteiger partial charge in [0.1, 0.15) is 5.82 Å². The summed E-state index contributed by atoms with van der Waals surface area (Å²) in [5.41, 5.74) is 19.3. The first-order valence-corrected chi connectivity index (χ1v) is 19.2. The molecule has 0 amide bonds. The second-order valence-electron chi connectivity index (χ2n) is 16.7. The standard InChI is InChI=1S/C48H44BFN2/c1-25(2)30-11-15-42-36(17-30)38-19-32(27(5)6)21-40-47(38)51(42)44-23-34(29-9-13-35(50)14-10-29)24-45-46(44)49(40)41-22-33(28(7)8)20-39-37-18-31(26(3)4)12-16-43(37)52(45)48(39)41/h9-28H,1-8H3. The summed E-state index contributed by atoms with van der Waals surface area (Å²) in [6.45, 7) is 18.5. The maximum Gasteiger partial charge on any atom is 0.252 e. The Labute approximate surface area is 306 Å². The van der Waals surface area contributed by atoms with E-state index < -0.39 is 0 Å². The van der Waals surface area contributed by atoms with Crippen LogP contribution in [0.4, 0.5) is 4.39 Å². The lowest BCUT2D eigenvalue weighted by atomic mass is 9.34. The van der Waals surface area contributed by atoms with Crippen molar-refractivity contribution in [2.24, 2.45) is 0 Å². The molecule has 2 aliphatic rings. The summed E-state index contributed by atoms with van der Waals surface area (Å²) in [7, 11) is 0. The average molecular weight is 679 g/mol. The van der Waals surface area contributed by atoms with Crippen molar-refractivity contribution in [3.05, 3.63) is 125 Å². The topological polar surface area (TPSA) is 9.86 Å². The highest BCUT2D eigenvalue weighted by molar-refractivity contribution is 7.00. The van der Waals surface area contributed by atoms with Gasteiger partial charge in [0.15, 0.2) is 0 Å². The minimum absolute atomic E-state index is 0.0671. The summed E-state index contributed by atoms with van der Waals surface area (Å²) < 4.78 is 19.5. The Morgan fingerprint density at radius 3 is 1.29 bits per heavy atom. The fourth-order valence-electron chi connectivity index (χ4n) is 9.34. The Hall–Kier alpha value is -5.09. The molecule has 0 atom stereocenters. The zero-order valence-corrected chi connectivity index (χ0v) is 31.4. The molecule has 0 saturated heterocycles. The van der Waals surface area contributed by atoms with Gasteiger partial charge in [-0.3, -0.25) is 0 Å². The van der Waals surface area contributed by atoms with Crippen molar-refractivity contribution >= 4 is 66.7 Å². The van der Waals surface area contributed by atoms with Crippen LogP contribution in [0.3, 0.4) is 0 Å². The largest absolute Gasteiger partial charge is 0.310 e. The zero-order chi connectivity index (χ0) is 35.9. The van der Waals surface area contributed by atoms with Gasteiger partial charge in [-0.1, -0.05) is 91.8 Å². The lowest BCUT2D eigenvalue weighted by molar-refractivity contribution is 0.628. The second kappa shape index (κ2) is 11.0. The Morgan fingerprint density at radius 1 is 0.442 bits per heavy atom. The zero-order valence-electron chi connectivity index (χ0n) is 31.4. The predicted octanol–water partition coefficient (Wildman–Crippen LogP) is 11.3. The quantitative estimate of drug-likeness (QED) is 0.160. The van der Waals surface area contributed by atoms with E-state index in [0.29, 0.717) is 23.7 Å². The number of aromatic nitrogens is 2. The molecule has 0 radical (unpaired) electrons. The number of halogens is 1. The lowest BCUT2D eigenvalue weighted by Crippen LogP contribution is -2.59. The van der Waals surface area contributed by atoms with Gasteiger partial charge < -0.3 is 9.13 Å². The van der Waals surface area contributed by atoms with Gasteiger partial charge in [0.25, 0.3) is 6.71 Å². The molecule has 0 fully saturated rings. The fraction of sp³-hybridized carbons (Fsp3) is 0.250. The molecule has 0 N–H and O–H groups in total. The molecule has 8 aromatic rings. The van der Waals surface area contributed by atoms with Crippen molar-refractivity contribution < 1.29 is 4.39 Å². The van der Waals surface area contributed by atoms with E-state index in [2.05, 4.69) is 137 Å². The summed E-state index contributed by atoms with van der Waals surface area (Å²) in [6.07, 6.45) is 0. The van der Waals surface area contributed by atoms with Crippen LogP contribution in [0.2, 0.25) is 0 Å². The van der Waals surface area contributed by atoms with E-state index >= 15 is 0 Å². The van der Waals surface area contributed by atoms with Crippen LogP contribution in [-0.2, 0) is 0 Å². The van der Waals surface area contributed by atoms with E-state index in [9.17, 15) is 4.39 Å². The summed E-state index contributed by atoms with van der Waals surface area (Å²) in [4.78, 5) is 0. The highest BCUT2D eigenvalue weighted by Gasteiger charge is 2.42. The van der Waals surface area contributed by atoms with Crippen molar-refractivity contribution in [3.63, 3.8) is 0 Å². The van der Waals surface area contributed by atoms with E-state index in [1.165, 1.54) is 93.6 Å². The molecule has 0 aliphatic carbocycles. The van der Waals surface area contributed by atoms with Crippen molar-refractivity contribution in [2.75, 3.05) is 0 Å². The minimum Gasteiger partial charge on any atom is -0.310 e. The number of fused-ring (bicyclic) bond motifs is 10. The summed E-state index contributed by atoms with van der Waals surface area (Å²) in [5.74, 6) is 1.43. The normalized spacial score (nSPS) is 13.4. The smallest absolute Gasteiger partial charge is 0.252 e. The third-order valence-corrected chi connectivity index (χ3v) is 12.2. The monoisotopic (exact) mass is 678 g/mol. The van der Waals surface area contributed by atoms with E-state index in [-0.39, 0.29) is 12.5 Å². The number of hydrogen-bond donors (Lipinski definition) is 0.